The van der Waals surface area contributed by atoms with E-state index in [2.05, 4.69) is 21.0 Å². The molecule has 160 valence electrons. The number of aromatic amines is 1. The van der Waals surface area contributed by atoms with Gasteiger partial charge in [0.05, 0.1) is 29.3 Å². The van der Waals surface area contributed by atoms with E-state index in [1.165, 1.54) is 4.90 Å². The summed E-state index contributed by atoms with van der Waals surface area (Å²) in [6, 6.07) is 8.96. The van der Waals surface area contributed by atoms with Gasteiger partial charge in [-0.3, -0.25) is 4.79 Å². The fourth-order valence-corrected chi connectivity index (χ4v) is 3.84. The molecule has 0 spiro atoms. The summed E-state index contributed by atoms with van der Waals surface area (Å²) in [5.41, 5.74) is 10.0. The highest BCUT2D eigenvalue weighted by Crippen LogP contribution is 2.41. The number of pyridine rings is 2. The number of ether oxygens (including phenoxy) is 1. The van der Waals surface area contributed by atoms with Crippen molar-refractivity contribution in [2.24, 2.45) is 0 Å². The molecule has 3 N–H and O–H groups in total. The van der Waals surface area contributed by atoms with Gasteiger partial charge < -0.3 is 20.4 Å². The van der Waals surface area contributed by atoms with E-state index in [9.17, 15) is 10.1 Å². The fraction of sp³-hybridized carbons (Fsp3) is 0.130. The molecule has 3 aromatic heterocycles. The highest BCUT2D eigenvalue weighted by molar-refractivity contribution is 6.39. The highest BCUT2D eigenvalue weighted by Gasteiger charge is 2.20. The first-order valence-electron chi connectivity index (χ1n) is 9.57. The lowest BCUT2D eigenvalue weighted by atomic mass is 10.00. The van der Waals surface area contributed by atoms with Gasteiger partial charge in [-0.25, -0.2) is 9.97 Å². The molecule has 0 fully saturated rings. The van der Waals surface area contributed by atoms with Gasteiger partial charge >= 0.3 is 0 Å². The van der Waals surface area contributed by atoms with Crippen molar-refractivity contribution >= 4 is 34.4 Å². The average molecular weight is 447 g/mol. The Morgan fingerprint density at radius 2 is 1.97 bits per heavy atom. The lowest BCUT2D eigenvalue weighted by molar-refractivity contribution is 0.0828. The maximum atomic E-state index is 12.5. The number of nitrogen functional groups attached to an aromatic ring is 1. The maximum Gasteiger partial charge on any atom is 0.257 e. The summed E-state index contributed by atoms with van der Waals surface area (Å²) in [4.78, 5) is 25.7. The van der Waals surface area contributed by atoms with E-state index in [1.54, 1.807) is 58.0 Å². The number of amides is 1. The van der Waals surface area contributed by atoms with Gasteiger partial charge in [0.1, 0.15) is 17.2 Å². The van der Waals surface area contributed by atoms with Gasteiger partial charge in [-0.1, -0.05) is 11.6 Å². The quantitative estimate of drug-likeness (QED) is 0.486. The van der Waals surface area contributed by atoms with Crippen molar-refractivity contribution in [2.75, 3.05) is 26.9 Å². The molecule has 9 heteroatoms. The smallest absolute Gasteiger partial charge is 0.257 e. The molecule has 0 aliphatic carbocycles. The number of aromatic nitrogens is 3. The van der Waals surface area contributed by atoms with Crippen LogP contribution in [-0.2, 0) is 0 Å². The second-order valence-electron chi connectivity index (χ2n) is 7.30. The van der Waals surface area contributed by atoms with Crippen LogP contribution in [0.1, 0.15) is 15.9 Å². The number of carbonyl (C=O) groups is 1. The topological polar surface area (TPSA) is 121 Å². The van der Waals surface area contributed by atoms with Crippen molar-refractivity contribution in [1.82, 2.24) is 19.9 Å². The van der Waals surface area contributed by atoms with Crippen molar-refractivity contribution in [3.05, 3.63) is 59.0 Å². The molecular weight excluding hydrogens is 428 g/mol. The minimum absolute atomic E-state index is 0.141. The molecule has 0 radical (unpaired) electrons. The number of hydrogen-bond donors (Lipinski definition) is 2. The number of nitrogens with zero attached hydrogens (tertiary/aromatic N) is 4. The molecule has 0 unspecified atom stereocenters. The number of benzene rings is 1. The summed E-state index contributed by atoms with van der Waals surface area (Å²) >= 11 is 6.85. The summed E-state index contributed by atoms with van der Waals surface area (Å²) in [6.45, 7) is 0. The van der Waals surface area contributed by atoms with E-state index in [0.717, 1.165) is 11.1 Å². The molecular formula is C23H19ClN6O2. The van der Waals surface area contributed by atoms with Gasteiger partial charge in [-0.2, -0.15) is 5.26 Å². The van der Waals surface area contributed by atoms with Gasteiger partial charge in [0.2, 0.25) is 0 Å². The maximum absolute atomic E-state index is 12.5. The minimum atomic E-state index is -0.258. The van der Waals surface area contributed by atoms with E-state index in [-0.39, 0.29) is 17.3 Å². The molecule has 1 amide bonds. The van der Waals surface area contributed by atoms with Crippen LogP contribution in [-0.4, -0.2) is 47.0 Å². The lowest BCUT2D eigenvalue weighted by Crippen LogP contribution is -2.23. The Morgan fingerprint density at radius 1 is 1.19 bits per heavy atom. The zero-order valence-corrected chi connectivity index (χ0v) is 18.4. The molecule has 0 aliphatic heterocycles. The molecule has 0 bridgehead atoms. The number of H-pyrrole nitrogens is 1. The number of hydrogen-bond acceptors (Lipinski definition) is 6. The van der Waals surface area contributed by atoms with Crippen molar-refractivity contribution in [2.45, 2.75) is 0 Å². The molecule has 0 aliphatic rings. The summed E-state index contributed by atoms with van der Waals surface area (Å²) in [5, 5.41) is 10.3. The molecule has 32 heavy (non-hydrogen) atoms. The normalized spacial score (nSPS) is 10.7. The Hall–Kier alpha value is -4.09. The summed E-state index contributed by atoms with van der Waals surface area (Å²) in [5.74, 6) is 0.424. The predicted octanol–water partition coefficient (Wildman–Crippen LogP) is 4.11. The van der Waals surface area contributed by atoms with E-state index in [4.69, 9.17) is 22.1 Å². The van der Waals surface area contributed by atoms with Crippen LogP contribution in [0, 0.1) is 11.3 Å². The Bertz CT molecular complexity index is 1400. The molecule has 0 saturated heterocycles. The molecule has 4 aromatic rings. The monoisotopic (exact) mass is 446 g/mol. The van der Waals surface area contributed by atoms with Crippen LogP contribution in [0.3, 0.4) is 0 Å². The van der Waals surface area contributed by atoms with E-state index in [0.29, 0.717) is 38.5 Å². The van der Waals surface area contributed by atoms with Crippen LogP contribution >= 0.6 is 11.6 Å². The van der Waals surface area contributed by atoms with Gasteiger partial charge in [-0.05, 0) is 24.3 Å². The van der Waals surface area contributed by atoms with Crippen molar-refractivity contribution in [3.63, 3.8) is 0 Å². The molecule has 0 saturated carbocycles. The van der Waals surface area contributed by atoms with Crippen molar-refractivity contribution < 1.29 is 9.53 Å². The molecule has 4 rings (SSSR count). The van der Waals surface area contributed by atoms with Crippen molar-refractivity contribution in [1.29, 1.82) is 5.26 Å². The van der Waals surface area contributed by atoms with Crippen LogP contribution in [0.25, 0.3) is 33.3 Å². The predicted molar refractivity (Wildman–Crippen MR) is 123 cm³/mol. The number of methoxy groups -OCH3 is 1. The van der Waals surface area contributed by atoms with Gasteiger partial charge in [0.15, 0.2) is 0 Å². The summed E-state index contributed by atoms with van der Waals surface area (Å²) in [6.07, 6.45) is 4.97. The molecule has 0 atom stereocenters. The highest BCUT2D eigenvalue weighted by atomic mass is 35.5. The van der Waals surface area contributed by atoms with E-state index >= 15 is 0 Å². The second kappa shape index (κ2) is 8.21. The van der Waals surface area contributed by atoms with E-state index in [1.807, 2.05) is 6.07 Å². The first-order chi connectivity index (χ1) is 15.3. The van der Waals surface area contributed by atoms with Crippen LogP contribution in [0.2, 0.25) is 5.02 Å². The molecule has 3 heterocycles. The number of fused-ring (bicyclic) bond motifs is 1. The number of nitrogens with two attached hydrogens (primary N) is 1. The number of rotatable bonds is 4. The van der Waals surface area contributed by atoms with Crippen molar-refractivity contribution in [3.8, 4) is 34.1 Å². The Balaban J connectivity index is 1.91. The lowest BCUT2D eigenvalue weighted by Gasteiger charge is -2.14. The zero-order valence-electron chi connectivity index (χ0n) is 17.6. The third-order valence-corrected chi connectivity index (χ3v) is 5.52. The second-order valence-corrected chi connectivity index (χ2v) is 7.67. The first kappa shape index (κ1) is 21.2. The van der Waals surface area contributed by atoms with Crippen LogP contribution < -0.4 is 10.5 Å². The average Bonchev–Trinajstić information content (AvgIpc) is 3.23. The van der Waals surface area contributed by atoms with Crippen LogP contribution in [0.15, 0.2) is 42.9 Å². The SMILES string of the molecule is COc1cc(C#N)ccc1-c1c[nH]c2ncc(-c3cnc(N)c(C(=O)N(C)C)c3)c(Cl)c12. The largest absolute Gasteiger partial charge is 0.496 e. The third-order valence-electron chi connectivity index (χ3n) is 5.12. The molecule has 8 nitrogen and oxygen atoms in total. The Morgan fingerprint density at radius 3 is 2.66 bits per heavy atom. The van der Waals surface area contributed by atoms with Gasteiger partial charge in [0.25, 0.3) is 5.91 Å². The Labute approximate surface area is 189 Å². The van der Waals surface area contributed by atoms with Gasteiger partial charge in [0, 0.05) is 60.3 Å². The Kier molecular flexibility index (Phi) is 5.43. The van der Waals surface area contributed by atoms with Gasteiger partial charge in [-0.15, -0.1) is 0 Å². The number of anilines is 1. The zero-order chi connectivity index (χ0) is 23.0. The molecule has 1 aromatic carbocycles. The first-order valence-corrected chi connectivity index (χ1v) is 9.95. The summed E-state index contributed by atoms with van der Waals surface area (Å²) in [7, 11) is 4.83. The number of nitriles is 1. The number of carbonyl (C=O) groups excluding carboxylic acids is 1. The fourth-order valence-electron chi connectivity index (χ4n) is 3.49. The number of nitrogens with one attached hydrogen (secondary N) is 1. The summed E-state index contributed by atoms with van der Waals surface area (Å²) < 4.78 is 5.50. The minimum Gasteiger partial charge on any atom is -0.496 e. The van der Waals surface area contributed by atoms with Crippen LogP contribution in [0.4, 0.5) is 5.82 Å². The standard InChI is InChI=1S/C23H19ClN6O2/c1-30(2)23(31)15-7-13(9-27-21(15)26)16-10-28-22-19(20(16)24)17(11-29-22)14-5-4-12(8-25)6-18(14)32-3/h4-7,9-11H,1-3H3,(H2,26,27)(H,28,29). The van der Waals surface area contributed by atoms with Crippen LogP contribution in [0.5, 0.6) is 5.75 Å². The third kappa shape index (κ3) is 3.49. The number of halogens is 1. The van der Waals surface area contributed by atoms with E-state index < -0.39 is 0 Å².